The molecule has 1 N–H and O–H groups in total. The van der Waals surface area contributed by atoms with E-state index in [4.69, 9.17) is 0 Å². The second-order valence-electron chi connectivity index (χ2n) is 5.73. The van der Waals surface area contributed by atoms with Gasteiger partial charge in [0.15, 0.2) is 0 Å². The van der Waals surface area contributed by atoms with Crippen molar-refractivity contribution < 1.29 is 4.79 Å². The standard InChI is InChI=1S/C16H21N5O/c1-20-12-18-19-15(20)14-8-5-9-21(11-14)16(22)17-10-13-6-3-2-4-7-13/h2-4,6-7,12,14H,5,8-11H2,1H3,(H,17,22)/t14-/m0/s1. The Bertz CT molecular complexity index is 624. The van der Waals surface area contributed by atoms with Crippen LogP contribution in [0.5, 0.6) is 0 Å². The Morgan fingerprint density at radius 2 is 2.18 bits per heavy atom. The lowest BCUT2D eigenvalue weighted by molar-refractivity contribution is 0.177. The Morgan fingerprint density at radius 1 is 1.36 bits per heavy atom. The van der Waals surface area contributed by atoms with Crippen LogP contribution in [0.3, 0.4) is 0 Å². The Labute approximate surface area is 130 Å². The van der Waals surface area contributed by atoms with E-state index in [-0.39, 0.29) is 11.9 Å². The molecule has 1 saturated heterocycles. The second kappa shape index (κ2) is 6.60. The Morgan fingerprint density at radius 3 is 2.91 bits per heavy atom. The molecule has 1 fully saturated rings. The van der Waals surface area contributed by atoms with Gasteiger partial charge in [-0.05, 0) is 18.4 Å². The molecule has 2 amide bonds. The lowest BCUT2D eigenvalue weighted by Gasteiger charge is -2.32. The molecular formula is C16H21N5O. The van der Waals surface area contributed by atoms with E-state index in [1.54, 1.807) is 6.33 Å². The minimum Gasteiger partial charge on any atom is -0.334 e. The molecule has 1 aromatic heterocycles. The monoisotopic (exact) mass is 299 g/mol. The van der Waals surface area contributed by atoms with Gasteiger partial charge in [0.2, 0.25) is 0 Å². The molecule has 116 valence electrons. The fourth-order valence-corrected chi connectivity index (χ4v) is 2.92. The van der Waals surface area contributed by atoms with Crippen molar-refractivity contribution >= 4 is 6.03 Å². The maximum absolute atomic E-state index is 12.3. The minimum atomic E-state index is -0.00396. The molecule has 0 unspecified atom stereocenters. The summed E-state index contributed by atoms with van der Waals surface area (Å²) in [4.78, 5) is 14.2. The summed E-state index contributed by atoms with van der Waals surface area (Å²) >= 11 is 0. The first kappa shape index (κ1) is 14.6. The van der Waals surface area contributed by atoms with Crippen LogP contribution in [0, 0.1) is 0 Å². The SMILES string of the molecule is Cn1cnnc1[C@H]1CCCN(C(=O)NCc2ccccc2)C1. The summed E-state index contributed by atoms with van der Waals surface area (Å²) in [5.74, 6) is 1.23. The Balaban J connectivity index is 1.57. The first-order valence-corrected chi connectivity index (χ1v) is 7.64. The summed E-state index contributed by atoms with van der Waals surface area (Å²) in [7, 11) is 1.95. The number of likely N-dealkylation sites (tertiary alicyclic amines) is 1. The molecular weight excluding hydrogens is 278 g/mol. The number of hydrogen-bond donors (Lipinski definition) is 1. The number of hydrogen-bond acceptors (Lipinski definition) is 3. The molecule has 3 rings (SSSR count). The predicted octanol–water partition coefficient (Wildman–Crippen LogP) is 1.90. The number of urea groups is 1. The van der Waals surface area contributed by atoms with E-state index in [1.165, 1.54) is 0 Å². The number of aryl methyl sites for hydroxylation is 1. The van der Waals surface area contributed by atoms with Crippen LogP contribution in [-0.4, -0.2) is 38.8 Å². The first-order valence-electron chi connectivity index (χ1n) is 7.64. The van der Waals surface area contributed by atoms with Crippen molar-refractivity contribution in [1.29, 1.82) is 0 Å². The van der Waals surface area contributed by atoms with Gasteiger partial charge in [-0.1, -0.05) is 30.3 Å². The summed E-state index contributed by atoms with van der Waals surface area (Å²) in [5.41, 5.74) is 1.11. The molecule has 1 aliphatic heterocycles. The number of aromatic nitrogens is 3. The zero-order valence-corrected chi connectivity index (χ0v) is 12.8. The smallest absolute Gasteiger partial charge is 0.317 e. The number of carbonyl (C=O) groups is 1. The zero-order chi connectivity index (χ0) is 15.4. The van der Waals surface area contributed by atoms with Crippen LogP contribution in [0.15, 0.2) is 36.7 Å². The molecule has 0 spiro atoms. The van der Waals surface area contributed by atoms with Crippen molar-refractivity contribution in [2.75, 3.05) is 13.1 Å². The van der Waals surface area contributed by atoms with E-state index in [9.17, 15) is 4.79 Å². The lowest BCUT2D eigenvalue weighted by atomic mass is 9.97. The fourth-order valence-electron chi connectivity index (χ4n) is 2.92. The largest absolute Gasteiger partial charge is 0.334 e. The number of benzene rings is 1. The number of piperidine rings is 1. The molecule has 2 heterocycles. The van der Waals surface area contributed by atoms with Gasteiger partial charge in [0, 0.05) is 32.6 Å². The number of nitrogens with one attached hydrogen (secondary N) is 1. The van der Waals surface area contributed by atoms with Gasteiger partial charge in [-0.3, -0.25) is 0 Å². The highest BCUT2D eigenvalue weighted by atomic mass is 16.2. The van der Waals surface area contributed by atoms with Crippen LogP contribution in [0.2, 0.25) is 0 Å². The first-order chi connectivity index (χ1) is 10.7. The Hall–Kier alpha value is -2.37. The van der Waals surface area contributed by atoms with Gasteiger partial charge in [0.1, 0.15) is 12.2 Å². The molecule has 2 aromatic rings. The Kier molecular flexibility index (Phi) is 4.37. The van der Waals surface area contributed by atoms with Gasteiger partial charge < -0.3 is 14.8 Å². The highest BCUT2D eigenvalue weighted by molar-refractivity contribution is 5.74. The summed E-state index contributed by atoms with van der Waals surface area (Å²) in [5, 5.41) is 11.1. The zero-order valence-electron chi connectivity index (χ0n) is 12.8. The van der Waals surface area contributed by atoms with E-state index in [1.807, 2.05) is 46.8 Å². The lowest BCUT2D eigenvalue weighted by Crippen LogP contribution is -2.45. The molecule has 1 aliphatic rings. The van der Waals surface area contributed by atoms with Crippen molar-refractivity contribution in [3.05, 3.63) is 48.0 Å². The third-order valence-electron chi connectivity index (χ3n) is 4.11. The maximum Gasteiger partial charge on any atom is 0.317 e. The average Bonchev–Trinajstić information content (AvgIpc) is 3.00. The molecule has 0 saturated carbocycles. The summed E-state index contributed by atoms with van der Waals surface area (Å²) in [6.45, 7) is 2.06. The van der Waals surface area contributed by atoms with Gasteiger partial charge in [0.05, 0.1) is 0 Å². The van der Waals surface area contributed by atoms with E-state index >= 15 is 0 Å². The highest BCUT2D eigenvalue weighted by Gasteiger charge is 2.27. The van der Waals surface area contributed by atoms with Crippen LogP contribution in [0.4, 0.5) is 4.79 Å². The summed E-state index contributed by atoms with van der Waals surface area (Å²) in [6.07, 6.45) is 3.76. The van der Waals surface area contributed by atoms with Crippen LogP contribution < -0.4 is 5.32 Å². The highest BCUT2D eigenvalue weighted by Crippen LogP contribution is 2.24. The van der Waals surface area contributed by atoms with Gasteiger partial charge in [-0.2, -0.15) is 0 Å². The van der Waals surface area contributed by atoms with Gasteiger partial charge in [-0.15, -0.1) is 10.2 Å². The van der Waals surface area contributed by atoms with Gasteiger partial charge in [-0.25, -0.2) is 4.79 Å². The molecule has 6 nitrogen and oxygen atoms in total. The minimum absolute atomic E-state index is 0.00396. The topological polar surface area (TPSA) is 63.1 Å². The molecule has 1 atom stereocenters. The third-order valence-corrected chi connectivity index (χ3v) is 4.11. The van der Waals surface area contributed by atoms with Crippen LogP contribution in [-0.2, 0) is 13.6 Å². The van der Waals surface area contributed by atoms with E-state index < -0.39 is 0 Å². The number of rotatable bonds is 3. The summed E-state index contributed by atoms with van der Waals surface area (Å²) in [6, 6.07) is 9.95. The van der Waals surface area contributed by atoms with E-state index in [0.29, 0.717) is 13.1 Å². The van der Waals surface area contributed by atoms with Crippen LogP contribution in [0.25, 0.3) is 0 Å². The quantitative estimate of drug-likeness (QED) is 0.941. The molecule has 1 aromatic carbocycles. The van der Waals surface area contributed by atoms with Gasteiger partial charge in [0.25, 0.3) is 0 Å². The second-order valence-corrected chi connectivity index (χ2v) is 5.73. The van der Waals surface area contributed by atoms with Crippen molar-refractivity contribution in [3.8, 4) is 0 Å². The van der Waals surface area contributed by atoms with E-state index in [2.05, 4.69) is 15.5 Å². The van der Waals surface area contributed by atoms with Crippen molar-refractivity contribution in [2.45, 2.75) is 25.3 Å². The normalized spacial score (nSPS) is 18.2. The van der Waals surface area contributed by atoms with Crippen LogP contribution in [0.1, 0.15) is 30.1 Å². The molecule has 6 heteroatoms. The number of amides is 2. The van der Waals surface area contributed by atoms with E-state index in [0.717, 1.165) is 30.8 Å². The van der Waals surface area contributed by atoms with Crippen molar-refractivity contribution in [1.82, 2.24) is 25.0 Å². The molecule has 22 heavy (non-hydrogen) atoms. The molecule has 0 aliphatic carbocycles. The van der Waals surface area contributed by atoms with Gasteiger partial charge >= 0.3 is 6.03 Å². The average molecular weight is 299 g/mol. The van der Waals surface area contributed by atoms with Crippen molar-refractivity contribution in [3.63, 3.8) is 0 Å². The fraction of sp³-hybridized carbons (Fsp3) is 0.438. The van der Waals surface area contributed by atoms with Crippen LogP contribution >= 0.6 is 0 Å². The third kappa shape index (κ3) is 3.27. The summed E-state index contributed by atoms with van der Waals surface area (Å²) < 4.78 is 1.94. The number of carbonyl (C=O) groups excluding carboxylic acids is 1. The van der Waals surface area contributed by atoms with Crippen molar-refractivity contribution in [2.24, 2.45) is 7.05 Å². The molecule has 0 radical (unpaired) electrons. The predicted molar refractivity (Wildman–Crippen MR) is 83.2 cm³/mol. The maximum atomic E-state index is 12.3. The molecule has 0 bridgehead atoms. The number of nitrogens with zero attached hydrogens (tertiary/aromatic N) is 4.